The second kappa shape index (κ2) is 5.69. The third-order valence-electron chi connectivity index (χ3n) is 2.64. The van der Waals surface area contributed by atoms with Crippen molar-refractivity contribution >= 4 is 11.6 Å². The maximum atomic E-state index is 11.7. The van der Waals surface area contributed by atoms with Crippen molar-refractivity contribution in [2.75, 3.05) is 0 Å². The van der Waals surface area contributed by atoms with Crippen molar-refractivity contribution in [2.45, 2.75) is 39.7 Å². The average molecular weight is 264 g/mol. The number of unbranched alkanes of at least 4 members (excludes halogenated alkanes) is 1. The molecule has 0 unspecified atom stereocenters. The van der Waals surface area contributed by atoms with E-state index in [1.807, 2.05) is 6.92 Å². The Balaban J connectivity index is 2.09. The lowest BCUT2D eigenvalue weighted by atomic mass is 10.2. The molecule has 2 aromatic rings. The number of nitrogens with zero attached hydrogens (tertiary/aromatic N) is 2. The number of hydrogen-bond acceptors (Lipinski definition) is 5. The first-order valence-electron chi connectivity index (χ1n) is 6.25. The van der Waals surface area contributed by atoms with E-state index in [0.29, 0.717) is 23.5 Å². The van der Waals surface area contributed by atoms with E-state index in [9.17, 15) is 9.59 Å². The number of esters is 1. The number of rotatable bonds is 5. The van der Waals surface area contributed by atoms with Gasteiger partial charge in [0.05, 0.1) is 5.69 Å². The maximum absolute atomic E-state index is 11.7. The van der Waals surface area contributed by atoms with Gasteiger partial charge in [-0.1, -0.05) is 13.3 Å². The first-order chi connectivity index (χ1) is 9.10. The molecule has 0 aliphatic heterocycles. The van der Waals surface area contributed by atoms with Crippen LogP contribution in [-0.2, 0) is 16.1 Å². The summed E-state index contributed by atoms with van der Waals surface area (Å²) in [5.41, 5.74) is 0.526. The van der Waals surface area contributed by atoms with Crippen LogP contribution >= 0.6 is 0 Å². The van der Waals surface area contributed by atoms with Crippen molar-refractivity contribution in [1.82, 2.24) is 9.56 Å². The van der Waals surface area contributed by atoms with Crippen molar-refractivity contribution in [2.24, 2.45) is 0 Å². The van der Waals surface area contributed by atoms with Crippen molar-refractivity contribution in [3.63, 3.8) is 0 Å². The molecule has 0 radical (unpaired) electrons. The van der Waals surface area contributed by atoms with Crippen LogP contribution in [0.4, 0.5) is 0 Å². The molecule has 0 fully saturated rings. The molecule has 0 aliphatic carbocycles. The largest absolute Gasteiger partial charge is 0.459 e. The molecule has 0 saturated carbocycles. The van der Waals surface area contributed by atoms with Crippen LogP contribution in [0.3, 0.4) is 0 Å². The Labute approximate surface area is 110 Å². The van der Waals surface area contributed by atoms with E-state index in [1.165, 1.54) is 6.07 Å². The molecule has 0 aliphatic rings. The molecule has 19 heavy (non-hydrogen) atoms. The van der Waals surface area contributed by atoms with E-state index in [-0.39, 0.29) is 18.1 Å². The molecule has 2 rings (SSSR count). The smallest absolute Gasteiger partial charge is 0.306 e. The summed E-state index contributed by atoms with van der Waals surface area (Å²) in [6.07, 6.45) is 2.13. The van der Waals surface area contributed by atoms with Gasteiger partial charge in [-0.25, -0.2) is 4.98 Å². The summed E-state index contributed by atoms with van der Waals surface area (Å²) >= 11 is 0. The summed E-state index contributed by atoms with van der Waals surface area (Å²) in [7, 11) is 0. The van der Waals surface area contributed by atoms with Crippen molar-refractivity contribution < 1.29 is 14.1 Å². The zero-order valence-electron chi connectivity index (χ0n) is 11.0. The molecule has 0 aromatic carbocycles. The minimum Gasteiger partial charge on any atom is -0.459 e. The average Bonchev–Trinajstić information content (AvgIpc) is 2.75. The molecular formula is C13H16N2O4. The fourth-order valence-electron chi connectivity index (χ4n) is 1.70. The van der Waals surface area contributed by atoms with Crippen LogP contribution in [0.15, 0.2) is 21.5 Å². The van der Waals surface area contributed by atoms with Gasteiger partial charge >= 0.3 is 5.97 Å². The minimum atomic E-state index is -0.322. The van der Waals surface area contributed by atoms with Gasteiger partial charge in [-0.2, -0.15) is 0 Å². The molecule has 102 valence electrons. The molecule has 0 amide bonds. The molecular weight excluding hydrogens is 248 g/mol. The lowest BCUT2D eigenvalue weighted by Gasteiger charge is -2.03. The van der Waals surface area contributed by atoms with E-state index in [2.05, 4.69) is 4.98 Å². The van der Waals surface area contributed by atoms with E-state index in [4.69, 9.17) is 9.26 Å². The van der Waals surface area contributed by atoms with Crippen molar-refractivity contribution in [3.05, 3.63) is 33.9 Å². The van der Waals surface area contributed by atoms with Gasteiger partial charge < -0.3 is 9.26 Å². The van der Waals surface area contributed by atoms with Crippen LogP contribution in [-0.4, -0.2) is 15.5 Å². The van der Waals surface area contributed by atoms with E-state index < -0.39 is 0 Å². The quantitative estimate of drug-likeness (QED) is 0.770. The lowest BCUT2D eigenvalue weighted by Crippen LogP contribution is -2.14. The summed E-state index contributed by atoms with van der Waals surface area (Å²) in [5, 5.41) is 0. The van der Waals surface area contributed by atoms with Crippen LogP contribution in [0.25, 0.3) is 5.65 Å². The second-order valence-corrected chi connectivity index (χ2v) is 4.35. The fraction of sp³-hybridized carbons (Fsp3) is 0.462. The highest BCUT2D eigenvalue weighted by Gasteiger charge is 2.08. The number of ether oxygens (including phenoxy) is 1. The van der Waals surface area contributed by atoms with Gasteiger partial charge in [-0.05, 0) is 13.3 Å². The number of fused-ring (bicyclic) bond motifs is 1. The summed E-state index contributed by atoms with van der Waals surface area (Å²) in [4.78, 5) is 27.3. The molecule has 0 spiro atoms. The Morgan fingerprint density at radius 2 is 2.26 bits per heavy atom. The molecule has 0 N–H and O–H groups in total. The highest BCUT2D eigenvalue weighted by molar-refractivity contribution is 5.69. The standard InChI is InChI=1S/C13H16N2O4/c1-3-4-5-13(17)18-8-10-7-12(16)15-11(14-10)6-9(2)19-15/h6-7H,3-5,8H2,1-2H3. The number of carbonyl (C=O) groups excluding carboxylic acids is 1. The molecule has 6 nitrogen and oxygen atoms in total. The number of hydrogen-bond donors (Lipinski definition) is 0. The second-order valence-electron chi connectivity index (χ2n) is 4.35. The van der Waals surface area contributed by atoms with Crippen LogP contribution in [0.1, 0.15) is 37.6 Å². The zero-order chi connectivity index (χ0) is 13.8. The first-order valence-corrected chi connectivity index (χ1v) is 6.25. The van der Waals surface area contributed by atoms with Crippen LogP contribution in [0.2, 0.25) is 0 Å². The SMILES string of the molecule is CCCCC(=O)OCc1cc(=O)n2oc(C)cc2n1. The Morgan fingerprint density at radius 1 is 1.47 bits per heavy atom. The number of carbonyl (C=O) groups is 1. The van der Waals surface area contributed by atoms with Gasteiger partial charge in [0.15, 0.2) is 5.65 Å². The van der Waals surface area contributed by atoms with Gasteiger partial charge in [0.2, 0.25) is 0 Å². The van der Waals surface area contributed by atoms with Gasteiger partial charge in [0.25, 0.3) is 5.56 Å². The summed E-state index contributed by atoms with van der Waals surface area (Å²) < 4.78 is 11.3. The lowest BCUT2D eigenvalue weighted by molar-refractivity contribution is -0.145. The van der Waals surface area contributed by atoms with E-state index >= 15 is 0 Å². The molecule has 6 heteroatoms. The van der Waals surface area contributed by atoms with E-state index in [1.54, 1.807) is 13.0 Å². The van der Waals surface area contributed by atoms with Gasteiger partial charge in [0.1, 0.15) is 12.4 Å². The van der Waals surface area contributed by atoms with Crippen LogP contribution < -0.4 is 5.56 Å². The number of aryl methyl sites for hydroxylation is 1. The molecule has 0 saturated heterocycles. The Kier molecular flexibility index (Phi) is 3.99. The topological polar surface area (TPSA) is 73.8 Å². The van der Waals surface area contributed by atoms with E-state index in [0.717, 1.165) is 17.4 Å². The summed E-state index contributed by atoms with van der Waals surface area (Å²) in [5.74, 6) is 0.328. The molecule has 2 heterocycles. The molecule has 0 atom stereocenters. The predicted octanol–water partition coefficient (Wildman–Crippen LogP) is 1.83. The Hall–Kier alpha value is -2.11. The summed E-state index contributed by atoms with van der Waals surface area (Å²) in [6.45, 7) is 3.75. The van der Waals surface area contributed by atoms with Gasteiger partial charge in [0, 0.05) is 18.6 Å². The third-order valence-corrected chi connectivity index (χ3v) is 2.64. The molecule has 0 bridgehead atoms. The number of aromatic nitrogens is 2. The molecule has 2 aromatic heterocycles. The van der Waals surface area contributed by atoms with Crippen LogP contribution in [0, 0.1) is 6.92 Å². The summed E-state index contributed by atoms with van der Waals surface area (Å²) in [6, 6.07) is 2.97. The van der Waals surface area contributed by atoms with Crippen molar-refractivity contribution in [1.29, 1.82) is 0 Å². The van der Waals surface area contributed by atoms with Crippen molar-refractivity contribution in [3.8, 4) is 0 Å². The van der Waals surface area contributed by atoms with Gasteiger partial charge in [-0.15, -0.1) is 4.57 Å². The zero-order valence-corrected chi connectivity index (χ0v) is 11.0. The maximum Gasteiger partial charge on any atom is 0.306 e. The van der Waals surface area contributed by atoms with Crippen LogP contribution in [0.5, 0.6) is 0 Å². The Bertz CT molecular complexity index is 642. The Morgan fingerprint density at radius 3 is 3.00 bits per heavy atom. The third kappa shape index (κ3) is 3.21. The monoisotopic (exact) mass is 264 g/mol. The van der Waals surface area contributed by atoms with Gasteiger partial charge in [-0.3, -0.25) is 9.59 Å². The normalized spacial score (nSPS) is 10.8. The minimum absolute atomic E-state index is 0.0124. The first kappa shape index (κ1) is 13.3. The fourth-order valence-corrected chi connectivity index (χ4v) is 1.70. The predicted molar refractivity (Wildman–Crippen MR) is 67.8 cm³/mol. The highest BCUT2D eigenvalue weighted by Crippen LogP contribution is 2.06. The highest BCUT2D eigenvalue weighted by atomic mass is 16.5.